The van der Waals surface area contributed by atoms with Gasteiger partial charge in [0.2, 0.25) is 0 Å². The molecule has 0 saturated carbocycles. The predicted octanol–water partition coefficient (Wildman–Crippen LogP) is 2.96. The van der Waals surface area contributed by atoms with Gasteiger partial charge in [0.1, 0.15) is 5.75 Å². The van der Waals surface area contributed by atoms with Gasteiger partial charge in [0.25, 0.3) is 5.56 Å². The number of aryl methyl sites for hydroxylation is 1. The number of pyridine rings is 1. The van der Waals surface area contributed by atoms with Gasteiger partial charge < -0.3 is 9.67 Å². The van der Waals surface area contributed by atoms with Crippen LogP contribution in [-0.4, -0.2) is 9.67 Å². The third-order valence-corrected chi connectivity index (χ3v) is 3.42. The maximum Gasteiger partial charge on any atom is 0.257 e. The van der Waals surface area contributed by atoms with Crippen LogP contribution in [0.4, 0.5) is 0 Å². The van der Waals surface area contributed by atoms with Gasteiger partial charge in [-0.15, -0.1) is 0 Å². The molecule has 17 heavy (non-hydrogen) atoms. The van der Waals surface area contributed by atoms with Gasteiger partial charge >= 0.3 is 0 Å². The Bertz CT molecular complexity index is 631. The first-order valence-corrected chi connectivity index (χ1v) is 6.35. The third-order valence-electron chi connectivity index (χ3n) is 2.92. The fraction of sp³-hybridized carbons (Fsp3) is 0.308. The second kappa shape index (κ2) is 4.53. The number of aromatic nitrogens is 1. The second-order valence-corrected chi connectivity index (χ2v) is 5.02. The molecular weight excluding hydrogens is 282 g/mol. The van der Waals surface area contributed by atoms with Crippen molar-refractivity contribution in [2.45, 2.75) is 19.8 Å². The summed E-state index contributed by atoms with van der Waals surface area (Å²) in [5.41, 5.74) is 1.13. The molecule has 4 heteroatoms. The highest BCUT2D eigenvalue weighted by Crippen LogP contribution is 2.29. The fourth-order valence-electron chi connectivity index (χ4n) is 2.04. The molecule has 2 aromatic rings. The summed E-state index contributed by atoms with van der Waals surface area (Å²) in [6.45, 7) is 1.99. The number of nitrogens with zero attached hydrogens (tertiary/aromatic N) is 1. The Morgan fingerprint density at radius 2 is 2.12 bits per heavy atom. The van der Waals surface area contributed by atoms with Crippen LogP contribution >= 0.6 is 15.9 Å². The lowest BCUT2D eigenvalue weighted by Gasteiger charge is -2.11. The van der Waals surface area contributed by atoms with Crippen LogP contribution in [0.2, 0.25) is 0 Å². The molecule has 0 aliphatic carbocycles. The Kier molecular flexibility index (Phi) is 3.24. The van der Waals surface area contributed by atoms with Gasteiger partial charge in [0.05, 0.1) is 11.1 Å². The highest BCUT2D eigenvalue weighted by molar-refractivity contribution is 9.10. The molecule has 0 unspecified atom stereocenters. The van der Waals surface area contributed by atoms with E-state index in [9.17, 15) is 9.90 Å². The van der Waals surface area contributed by atoms with E-state index in [2.05, 4.69) is 15.9 Å². The first kappa shape index (κ1) is 12.2. The average Bonchev–Trinajstić information content (AvgIpc) is 2.32. The number of hydrogen-bond donors (Lipinski definition) is 1. The fourth-order valence-corrected chi connectivity index (χ4v) is 2.40. The largest absolute Gasteiger partial charge is 0.507 e. The third kappa shape index (κ3) is 1.97. The Balaban J connectivity index is 2.90. The van der Waals surface area contributed by atoms with Crippen molar-refractivity contribution in [2.24, 2.45) is 7.05 Å². The maximum atomic E-state index is 12.1. The summed E-state index contributed by atoms with van der Waals surface area (Å²) in [5.74, 6) is 0.117. The van der Waals surface area contributed by atoms with Gasteiger partial charge in [-0.1, -0.05) is 29.3 Å². The van der Waals surface area contributed by atoms with Gasteiger partial charge in [0, 0.05) is 16.9 Å². The number of halogens is 1. The Hall–Kier alpha value is -1.29. The first-order valence-electron chi connectivity index (χ1n) is 5.56. The molecule has 0 spiro atoms. The van der Waals surface area contributed by atoms with E-state index >= 15 is 0 Å². The number of rotatable bonds is 2. The SMILES string of the molecule is CCCc1c(O)c2cc(Br)ccc2n(C)c1=O. The summed E-state index contributed by atoms with van der Waals surface area (Å²) in [5, 5.41) is 10.9. The van der Waals surface area contributed by atoms with Crippen LogP contribution in [0.1, 0.15) is 18.9 Å². The van der Waals surface area contributed by atoms with Crippen molar-refractivity contribution < 1.29 is 5.11 Å². The molecule has 90 valence electrons. The van der Waals surface area contributed by atoms with Gasteiger partial charge in [-0.2, -0.15) is 0 Å². The maximum absolute atomic E-state index is 12.1. The average molecular weight is 296 g/mol. The van der Waals surface area contributed by atoms with Crippen molar-refractivity contribution in [1.29, 1.82) is 0 Å². The van der Waals surface area contributed by atoms with E-state index in [1.807, 2.05) is 25.1 Å². The summed E-state index contributed by atoms with van der Waals surface area (Å²) >= 11 is 3.37. The Labute approximate surface area is 108 Å². The summed E-state index contributed by atoms with van der Waals surface area (Å²) in [7, 11) is 1.73. The van der Waals surface area contributed by atoms with Gasteiger partial charge in [0.15, 0.2) is 0 Å². The van der Waals surface area contributed by atoms with Crippen molar-refractivity contribution in [1.82, 2.24) is 4.57 Å². The van der Waals surface area contributed by atoms with Crippen LogP contribution in [0.25, 0.3) is 10.9 Å². The number of aromatic hydroxyl groups is 1. The lowest BCUT2D eigenvalue weighted by molar-refractivity contribution is 0.471. The minimum absolute atomic E-state index is 0.112. The van der Waals surface area contributed by atoms with Crippen molar-refractivity contribution >= 4 is 26.8 Å². The molecule has 1 aromatic carbocycles. The molecule has 0 radical (unpaired) electrons. The number of benzene rings is 1. The summed E-state index contributed by atoms with van der Waals surface area (Å²) in [4.78, 5) is 12.1. The van der Waals surface area contributed by atoms with Crippen LogP contribution in [0.5, 0.6) is 5.75 Å². The highest BCUT2D eigenvalue weighted by atomic mass is 79.9. The number of hydrogen-bond acceptors (Lipinski definition) is 2. The molecule has 0 amide bonds. The van der Waals surface area contributed by atoms with Crippen molar-refractivity contribution in [3.8, 4) is 5.75 Å². The zero-order valence-electron chi connectivity index (χ0n) is 9.83. The molecule has 1 aromatic heterocycles. The summed E-state index contributed by atoms with van der Waals surface area (Å²) < 4.78 is 2.48. The van der Waals surface area contributed by atoms with E-state index < -0.39 is 0 Å². The van der Waals surface area contributed by atoms with Crippen LogP contribution in [0.3, 0.4) is 0 Å². The standard InChI is InChI=1S/C13H14BrNO2/c1-3-4-9-12(16)10-7-8(14)5-6-11(10)15(2)13(9)17/h5-7,16H,3-4H2,1-2H3. The van der Waals surface area contributed by atoms with E-state index in [1.54, 1.807) is 11.6 Å². The molecule has 0 bridgehead atoms. The predicted molar refractivity (Wildman–Crippen MR) is 72.5 cm³/mol. The van der Waals surface area contributed by atoms with Gasteiger partial charge in [-0.25, -0.2) is 0 Å². The highest BCUT2D eigenvalue weighted by Gasteiger charge is 2.13. The van der Waals surface area contributed by atoms with Crippen molar-refractivity contribution in [3.05, 3.63) is 38.6 Å². The van der Waals surface area contributed by atoms with E-state index in [0.29, 0.717) is 17.4 Å². The van der Waals surface area contributed by atoms with Crippen LogP contribution in [0.15, 0.2) is 27.5 Å². The second-order valence-electron chi connectivity index (χ2n) is 4.10. The molecule has 3 nitrogen and oxygen atoms in total. The Morgan fingerprint density at radius 3 is 2.76 bits per heavy atom. The first-order chi connectivity index (χ1) is 8.06. The van der Waals surface area contributed by atoms with E-state index in [4.69, 9.17) is 0 Å². The van der Waals surface area contributed by atoms with E-state index in [0.717, 1.165) is 16.4 Å². The minimum atomic E-state index is -0.112. The summed E-state index contributed by atoms with van der Waals surface area (Å²) in [6.07, 6.45) is 1.43. The molecule has 0 atom stereocenters. The molecule has 1 N–H and O–H groups in total. The minimum Gasteiger partial charge on any atom is -0.507 e. The lowest BCUT2D eigenvalue weighted by Crippen LogP contribution is -2.21. The van der Waals surface area contributed by atoms with E-state index in [-0.39, 0.29) is 11.3 Å². The zero-order chi connectivity index (χ0) is 12.6. The molecule has 2 rings (SSSR count). The van der Waals surface area contributed by atoms with Crippen LogP contribution in [0, 0.1) is 0 Å². The van der Waals surface area contributed by atoms with Crippen LogP contribution < -0.4 is 5.56 Å². The Morgan fingerprint density at radius 1 is 1.41 bits per heavy atom. The number of fused-ring (bicyclic) bond motifs is 1. The van der Waals surface area contributed by atoms with Crippen LogP contribution in [-0.2, 0) is 13.5 Å². The van der Waals surface area contributed by atoms with Gasteiger partial charge in [-0.3, -0.25) is 4.79 Å². The molecule has 0 aliphatic heterocycles. The monoisotopic (exact) mass is 295 g/mol. The molecule has 0 fully saturated rings. The topological polar surface area (TPSA) is 42.2 Å². The van der Waals surface area contributed by atoms with E-state index in [1.165, 1.54) is 0 Å². The smallest absolute Gasteiger partial charge is 0.257 e. The zero-order valence-corrected chi connectivity index (χ0v) is 11.4. The van der Waals surface area contributed by atoms with Crippen molar-refractivity contribution in [3.63, 3.8) is 0 Å². The molecule has 1 heterocycles. The quantitative estimate of drug-likeness (QED) is 0.925. The molecule has 0 aliphatic rings. The summed E-state index contributed by atoms with van der Waals surface area (Å²) in [6, 6.07) is 5.53. The normalized spacial score (nSPS) is 11.0. The molecular formula is C13H14BrNO2. The lowest BCUT2D eigenvalue weighted by atomic mass is 10.1. The van der Waals surface area contributed by atoms with Gasteiger partial charge in [-0.05, 0) is 24.6 Å². The molecule has 0 saturated heterocycles. The van der Waals surface area contributed by atoms with Crippen molar-refractivity contribution in [2.75, 3.05) is 0 Å².